The Morgan fingerprint density at radius 1 is 1.53 bits per heavy atom. The molecule has 3 rings (SSSR count). The SMILES string of the molecule is COC(=O)c1cc(Br)c2[nH]c(C3CC3)cc2n1. The molecule has 1 N–H and O–H groups in total. The molecule has 2 aromatic rings. The van der Waals surface area contributed by atoms with E-state index in [9.17, 15) is 4.79 Å². The van der Waals surface area contributed by atoms with E-state index in [0.29, 0.717) is 11.6 Å². The molecular formula is C12H11BrN2O2. The number of halogens is 1. The molecule has 2 aromatic heterocycles. The number of rotatable bonds is 2. The summed E-state index contributed by atoms with van der Waals surface area (Å²) in [5, 5.41) is 0. The molecule has 17 heavy (non-hydrogen) atoms. The lowest BCUT2D eigenvalue weighted by molar-refractivity contribution is 0.0594. The summed E-state index contributed by atoms with van der Waals surface area (Å²) in [6, 6.07) is 3.70. The molecule has 1 aliphatic rings. The van der Waals surface area contributed by atoms with Crippen LogP contribution in [0.15, 0.2) is 16.6 Å². The van der Waals surface area contributed by atoms with E-state index in [1.54, 1.807) is 6.07 Å². The van der Waals surface area contributed by atoms with Gasteiger partial charge in [-0.1, -0.05) is 0 Å². The number of aromatic nitrogens is 2. The first-order valence-corrected chi connectivity index (χ1v) is 6.26. The van der Waals surface area contributed by atoms with E-state index in [0.717, 1.165) is 15.5 Å². The van der Waals surface area contributed by atoms with Gasteiger partial charge in [0, 0.05) is 10.2 Å². The van der Waals surface area contributed by atoms with Crippen LogP contribution in [0.3, 0.4) is 0 Å². The first-order chi connectivity index (χ1) is 8.19. The van der Waals surface area contributed by atoms with Crippen LogP contribution < -0.4 is 0 Å². The molecule has 1 aliphatic carbocycles. The maximum Gasteiger partial charge on any atom is 0.356 e. The average Bonchev–Trinajstić information content (AvgIpc) is 3.08. The Labute approximate surface area is 107 Å². The van der Waals surface area contributed by atoms with Crippen molar-refractivity contribution in [2.75, 3.05) is 7.11 Å². The van der Waals surface area contributed by atoms with E-state index in [1.165, 1.54) is 25.6 Å². The van der Waals surface area contributed by atoms with Crippen molar-refractivity contribution in [2.24, 2.45) is 0 Å². The summed E-state index contributed by atoms with van der Waals surface area (Å²) in [5.41, 5.74) is 3.28. The topological polar surface area (TPSA) is 55.0 Å². The van der Waals surface area contributed by atoms with Crippen LogP contribution in [-0.2, 0) is 4.74 Å². The summed E-state index contributed by atoms with van der Waals surface area (Å²) in [6.07, 6.45) is 2.46. The zero-order chi connectivity index (χ0) is 12.0. The zero-order valence-corrected chi connectivity index (χ0v) is 10.9. The minimum Gasteiger partial charge on any atom is -0.464 e. The summed E-state index contributed by atoms with van der Waals surface area (Å²) < 4.78 is 5.52. The zero-order valence-electron chi connectivity index (χ0n) is 9.29. The van der Waals surface area contributed by atoms with Gasteiger partial charge in [0.25, 0.3) is 0 Å². The third kappa shape index (κ3) is 1.84. The second-order valence-electron chi connectivity index (χ2n) is 4.24. The summed E-state index contributed by atoms with van der Waals surface area (Å²) in [4.78, 5) is 19.1. The molecule has 1 saturated carbocycles. The minimum absolute atomic E-state index is 0.327. The van der Waals surface area contributed by atoms with Crippen molar-refractivity contribution in [2.45, 2.75) is 18.8 Å². The number of methoxy groups -OCH3 is 1. The number of carbonyl (C=O) groups is 1. The van der Waals surface area contributed by atoms with E-state index in [-0.39, 0.29) is 0 Å². The van der Waals surface area contributed by atoms with Crippen LogP contribution in [0.1, 0.15) is 34.9 Å². The molecular weight excluding hydrogens is 284 g/mol. The van der Waals surface area contributed by atoms with Crippen molar-refractivity contribution < 1.29 is 9.53 Å². The van der Waals surface area contributed by atoms with Crippen molar-refractivity contribution in [3.8, 4) is 0 Å². The number of aromatic amines is 1. The molecule has 0 spiro atoms. The largest absolute Gasteiger partial charge is 0.464 e. The summed E-state index contributed by atoms with van der Waals surface area (Å²) >= 11 is 3.45. The van der Waals surface area contributed by atoms with Crippen molar-refractivity contribution in [3.63, 3.8) is 0 Å². The van der Waals surface area contributed by atoms with Gasteiger partial charge in [-0.05, 0) is 46.8 Å². The molecule has 5 heteroatoms. The highest BCUT2D eigenvalue weighted by Crippen LogP contribution is 2.41. The normalized spacial score (nSPS) is 15.2. The predicted molar refractivity (Wildman–Crippen MR) is 67.1 cm³/mol. The van der Waals surface area contributed by atoms with Gasteiger partial charge in [-0.3, -0.25) is 0 Å². The number of hydrogen-bond acceptors (Lipinski definition) is 3. The number of fused-ring (bicyclic) bond motifs is 1. The highest BCUT2D eigenvalue weighted by atomic mass is 79.9. The van der Waals surface area contributed by atoms with E-state index in [4.69, 9.17) is 0 Å². The molecule has 0 bridgehead atoms. The number of nitrogens with one attached hydrogen (secondary N) is 1. The van der Waals surface area contributed by atoms with E-state index in [1.807, 2.05) is 6.07 Å². The number of hydrogen-bond donors (Lipinski definition) is 1. The molecule has 4 nitrogen and oxygen atoms in total. The van der Waals surface area contributed by atoms with Crippen LogP contribution in [0, 0.1) is 0 Å². The van der Waals surface area contributed by atoms with Crippen molar-refractivity contribution in [1.29, 1.82) is 0 Å². The van der Waals surface area contributed by atoms with Crippen LogP contribution in [0.2, 0.25) is 0 Å². The lowest BCUT2D eigenvalue weighted by atomic mass is 10.3. The Morgan fingerprint density at radius 2 is 2.29 bits per heavy atom. The van der Waals surface area contributed by atoms with Crippen LogP contribution in [0.4, 0.5) is 0 Å². The van der Waals surface area contributed by atoms with Gasteiger partial charge in [0.05, 0.1) is 18.1 Å². The standard InChI is InChI=1S/C12H11BrN2O2/c1-17-12(16)10-4-7(13)11-9(14-10)5-8(15-11)6-2-3-6/h4-6,15H,2-3H2,1H3. The summed E-state index contributed by atoms with van der Waals surface area (Å²) in [6.45, 7) is 0. The van der Waals surface area contributed by atoms with Crippen LogP contribution in [0.25, 0.3) is 11.0 Å². The van der Waals surface area contributed by atoms with Gasteiger partial charge >= 0.3 is 5.97 Å². The minimum atomic E-state index is -0.415. The van der Waals surface area contributed by atoms with Gasteiger partial charge in [0.1, 0.15) is 5.69 Å². The Morgan fingerprint density at radius 3 is 2.94 bits per heavy atom. The van der Waals surface area contributed by atoms with Crippen molar-refractivity contribution in [1.82, 2.24) is 9.97 Å². The quantitative estimate of drug-likeness (QED) is 0.867. The molecule has 2 heterocycles. The van der Waals surface area contributed by atoms with Gasteiger partial charge in [0.2, 0.25) is 0 Å². The van der Waals surface area contributed by atoms with Gasteiger partial charge in [-0.25, -0.2) is 9.78 Å². The third-order valence-electron chi connectivity index (χ3n) is 2.97. The molecule has 1 fully saturated rings. The van der Waals surface area contributed by atoms with Crippen LogP contribution in [0.5, 0.6) is 0 Å². The number of ether oxygens (including phenoxy) is 1. The Kier molecular flexibility index (Phi) is 2.43. The number of nitrogens with zero attached hydrogens (tertiary/aromatic N) is 1. The first kappa shape index (κ1) is 10.8. The molecule has 0 atom stereocenters. The number of pyridine rings is 1. The number of carbonyl (C=O) groups excluding carboxylic acids is 1. The van der Waals surface area contributed by atoms with Gasteiger partial charge in [-0.15, -0.1) is 0 Å². The molecule has 0 aromatic carbocycles. The number of esters is 1. The molecule has 0 amide bonds. The molecule has 0 radical (unpaired) electrons. The second kappa shape index (κ2) is 3.84. The van der Waals surface area contributed by atoms with E-state index < -0.39 is 5.97 Å². The van der Waals surface area contributed by atoms with E-state index >= 15 is 0 Å². The first-order valence-electron chi connectivity index (χ1n) is 5.46. The van der Waals surface area contributed by atoms with Gasteiger partial charge in [-0.2, -0.15) is 0 Å². The fourth-order valence-electron chi connectivity index (χ4n) is 1.91. The number of H-pyrrole nitrogens is 1. The maximum absolute atomic E-state index is 11.4. The van der Waals surface area contributed by atoms with Crippen LogP contribution >= 0.6 is 15.9 Å². The maximum atomic E-state index is 11.4. The van der Waals surface area contributed by atoms with Crippen molar-refractivity contribution >= 4 is 32.9 Å². The average molecular weight is 295 g/mol. The lowest BCUT2D eigenvalue weighted by Crippen LogP contribution is -2.03. The molecule has 0 aliphatic heterocycles. The fraction of sp³-hybridized carbons (Fsp3) is 0.333. The van der Waals surface area contributed by atoms with Crippen LogP contribution in [-0.4, -0.2) is 23.0 Å². The molecule has 0 saturated heterocycles. The predicted octanol–water partition coefficient (Wildman–Crippen LogP) is 2.99. The molecule has 0 unspecified atom stereocenters. The summed E-state index contributed by atoms with van der Waals surface area (Å²) in [5.74, 6) is 0.222. The van der Waals surface area contributed by atoms with E-state index in [2.05, 4.69) is 30.6 Å². The monoisotopic (exact) mass is 294 g/mol. The van der Waals surface area contributed by atoms with Crippen molar-refractivity contribution in [3.05, 3.63) is 28.0 Å². The second-order valence-corrected chi connectivity index (χ2v) is 5.09. The Bertz CT molecular complexity index is 602. The van der Waals surface area contributed by atoms with Gasteiger partial charge in [0.15, 0.2) is 0 Å². The summed E-state index contributed by atoms with van der Waals surface area (Å²) in [7, 11) is 1.36. The van der Waals surface area contributed by atoms with Gasteiger partial charge < -0.3 is 9.72 Å². The molecule has 88 valence electrons. The lowest BCUT2D eigenvalue weighted by Gasteiger charge is -2.00. The Hall–Kier alpha value is -1.36. The highest BCUT2D eigenvalue weighted by Gasteiger charge is 2.26. The Balaban J connectivity index is 2.14. The highest BCUT2D eigenvalue weighted by molar-refractivity contribution is 9.10. The fourth-order valence-corrected chi connectivity index (χ4v) is 2.43. The third-order valence-corrected chi connectivity index (χ3v) is 3.60. The smallest absolute Gasteiger partial charge is 0.356 e.